The average molecular weight is 254 g/mol. The number of carbonyl (C=O) groups is 1. The largest absolute Gasteiger partial charge is 0.343 e. The highest BCUT2D eigenvalue weighted by Crippen LogP contribution is 2.03. The Labute approximate surface area is 110 Å². The number of likely N-dealkylation sites (N-methyl/N-ethyl adjacent to an activating group) is 1. The van der Waals surface area contributed by atoms with Gasteiger partial charge in [-0.2, -0.15) is 0 Å². The topological polar surface area (TPSA) is 30.0 Å². The summed E-state index contributed by atoms with van der Waals surface area (Å²) in [6, 6.07) is 0. The predicted octanol–water partition coefficient (Wildman–Crippen LogP) is -0.602. The maximum absolute atomic E-state index is 10.6. The fourth-order valence-corrected chi connectivity index (χ4v) is 2.68. The SMILES string of the molecule is CN1CCN(CCCN2CCN(C=O)CC2)CC1. The van der Waals surface area contributed by atoms with E-state index in [1.807, 2.05) is 4.90 Å². The number of nitrogens with zero attached hydrogens (tertiary/aromatic N) is 4. The van der Waals surface area contributed by atoms with Gasteiger partial charge in [0.25, 0.3) is 0 Å². The molecule has 0 aromatic heterocycles. The van der Waals surface area contributed by atoms with Crippen molar-refractivity contribution in [2.75, 3.05) is 72.5 Å². The molecular weight excluding hydrogens is 228 g/mol. The van der Waals surface area contributed by atoms with E-state index in [2.05, 4.69) is 21.7 Å². The molecule has 0 aliphatic carbocycles. The van der Waals surface area contributed by atoms with Crippen LogP contribution < -0.4 is 0 Å². The molecule has 104 valence electrons. The van der Waals surface area contributed by atoms with Crippen LogP contribution >= 0.6 is 0 Å². The van der Waals surface area contributed by atoms with Crippen molar-refractivity contribution in [2.45, 2.75) is 6.42 Å². The van der Waals surface area contributed by atoms with Crippen molar-refractivity contribution in [3.05, 3.63) is 0 Å². The maximum atomic E-state index is 10.6. The first-order chi connectivity index (χ1) is 8.78. The molecule has 0 radical (unpaired) electrons. The molecule has 2 rings (SSSR count). The third-order valence-corrected chi connectivity index (χ3v) is 4.10. The molecule has 0 spiro atoms. The molecule has 5 heteroatoms. The lowest BCUT2D eigenvalue weighted by Gasteiger charge is -2.34. The van der Waals surface area contributed by atoms with Crippen molar-refractivity contribution in [2.24, 2.45) is 0 Å². The first-order valence-electron chi connectivity index (χ1n) is 7.10. The molecule has 18 heavy (non-hydrogen) atoms. The van der Waals surface area contributed by atoms with Crippen LogP contribution in [0, 0.1) is 0 Å². The summed E-state index contributed by atoms with van der Waals surface area (Å²) in [7, 11) is 2.20. The van der Waals surface area contributed by atoms with Crippen molar-refractivity contribution >= 4 is 6.41 Å². The Morgan fingerprint density at radius 2 is 1.33 bits per heavy atom. The molecule has 0 saturated carbocycles. The van der Waals surface area contributed by atoms with Crippen LogP contribution in [0.3, 0.4) is 0 Å². The predicted molar refractivity (Wildman–Crippen MR) is 72.6 cm³/mol. The van der Waals surface area contributed by atoms with Crippen LogP contribution in [-0.2, 0) is 4.79 Å². The van der Waals surface area contributed by atoms with Gasteiger partial charge in [0.05, 0.1) is 0 Å². The molecule has 2 aliphatic rings. The Bertz CT molecular complexity index is 245. The van der Waals surface area contributed by atoms with Gasteiger partial charge in [0.15, 0.2) is 0 Å². The van der Waals surface area contributed by atoms with E-state index in [-0.39, 0.29) is 0 Å². The average Bonchev–Trinajstić information content (AvgIpc) is 2.42. The number of piperazine rings is 2. The van der Waals surface area contributed by atoms with Crippen molar-refractivity contribution < 1.29 is 4.79 Å². The Kier molecular flexibility index (Phi) is 5.41. The third-order valence-electron chi connectivity index (χ3n) is 4.10. The molecule has 0 aromatic carbocycles. The highest BCUT2D eigenvalue weighted by molar-refractivity contribution is 5.47. The van der Waals surface area contributed by atoms with Crippen LogP contribution in [0.1, 0.15) is 6.42 Å². The van der Waals surface area contributed by atoms with E-state index in [0.717, 1.165) is 32.6 Å². The first-order valence-corrected chi connectivity index (χ1v) is 7.10. The standard InChI is InChI=1S/C13H26N4O/c1-14-5-7-15(8-6-14)3-2-4-16-9-11-17(13-18)12-10-16/h13H,2-12H2,1H3. The number of carbonyl (C=O) groups excluding carboxylic acids is 1. The van der Waals surface area contributed by atoms with Gasteiger partial charge in [-0.3, -0.25) is 9.69 Å². The zero-order chi connectivity index (χ0) is 12.8. The smallest absolute Gasteiger partial charge is 0.209 e. The summed E-state index contributed by atoms with van der Waals surface area (Å²) >= 11 is 0. The Morgan fingerprint density at radius 3 is 1.83 bits per heavy atom. The summed E-state index contributed by atoms with van der Waals surface area (Å²) in [5.74, 6) is 0. The zero-order valence-corrected chi connectivity index (χ0v) is 11.6. The third kappa shape index (κ3) is 4.23. The Balaban J connectivity index is 1.54. The van der Waals surface area contributed by atoms with Crippen LogP contribution in [0.25, 0.3) is 0 Å². The van der Waals surface area contributed by atoms with Gasteiger partial charge in [0.1, 0.15) is 0 Å². The number of hydrogen-bond acceptors (Lipinski definition) is 4. The molecule has 0 atom stereocenters. The van der Waals surface area contributed by atoms with Crippen molar-refractivity contribution in [1.29, 1.82) is 0 Å². The molecule has 2 saturated heterocycles. The minimum atomic E-state index is 0.901. The lowest BCUT2D eigenvalue weighted by molar-refractivity contribution is -0.119. The highest BCUT2D eigenvalue weighted by atomic mass is 16.1. The number of rotatable bonds is 5. The zero-order valence-electron chi connectivity index (χ0n) is 11.6. The van der Waals surface area contributed by atoms with Crippen LogP contribution in [0.15, 0.2) is 0 Å². The maximum Gasteiger partial charge on any atom is 0.209 e. The van der Waals surface area contributed by atoms with E-state index in [4.69, 9.17) is 0 Å². The van der Waals surface area contributed by atoms with Gasteiger partial charge in [-0.25, -0.2) is 0 Å². The summed E-state index contributed by atoms with van der Waals surface area (Å²) in [6.07, 6.45) is 2.23. The van der Waals surface area contributed by atoms with Crippen molar-refractivity contribution in [3.8, 4) is 0 Å². The highest BCUT2D eigenvalue weighted by Gasteiger charge is 2.16. The van der Waals surface area contributed by atoms with Gasteiger partial charge in [-0.15, -0.1) is 0 Å². The molecule has 1 amide bonds. The summed E-state index contributed by atoms with van der Waals surface area (Å²) in [5.41, 5.74) is 0. The van der Waals surface area contributed by atoms with Crippen LogP contribution in [0.4, 0.5) is 0 Å². The van der Waals surface area contributed by atoms with E-state index in [1.54, 1.807) is 0 Å². The monoisotopic (exact) mass is 254 g/mol. The van der Waals surface area contributed by atoms with Gasteiger partial charge in [0, 0.05) is 52.4 Å². The molecule has 2 heterocycles. The fraction of sp³-hybridized carbons (Fsp3) is 0.923. The van der Waals surface area contributed by atoms with Crippen LogP contribution in [0.2, 0.25) is 0 Å². The Morgan fingerprint density at radius 1 is 0.833 bits per heavy atom. The van der Waals surface area contributed by atoms with E-state index < -0.39 is 0 Å². The quantitative estimate of drug-likeness (QED) is 0.613. The van der Waals surface area contributed by atoms with Gasteiger partial charge >= 0.3 is 0 Å². The van der Waals surface area contributed by atoms with Crippen LogP contribution in [-0.4, -0.2) is 98.5 Å². The molecule has 0 aromatic rings. The van der Waals surface area contributed by atoms with Crippen molar-refractivity contribution in [1.82, 2.24) is 19.6 Å². The molecule has 0 bridgehead atoms. The summed E-state index contributed by atoms with van der Waals surface area (Å²) in [6.45, 7) is 11.1. The molecule has 0 unspecified atom stereocenters. The Hall–Kier alpha value is -0.650. The normalized spacial score (nSPS) is 24.4. The molecule has 5 nitrogen and oxygen atoms in total. The second-order valence-corrected chi connectivity index (χ2v) is 5.48. The van der Waals surface area contributed by atoms with Gasteiger partial charge in [0.2, 0.25) is 6.41 Å². The molecule has 2 fully saturated rings. The summed E-state index contributed by atoms with van der Waals surface area (Å²) in [5, 5.41) is 0. The second kappa shape index (κ2) is 7.07. The summed E-state index contributed by atoms with van der Waals surface area (Å²) in [4.78, 5) is 19.9. The fourth-order valence-electron chi connectivity index (χ4n) is 2.68. The lowest BCUT2D eigenvalue weighted by atomic mass is 10.2. The van der Waals surface area contributed by atoms with Crippen LogP contribution in [0.5, 0.6) is 0 Å². The van der Waals surface area contributed by atoms with E-state index in [9.17, 15) is 4.79 Å². The molecule has 0 N–H and O–H groups in total. The second-order valence-electron chi connectivity index (χ2n) is 5.48. The summed E-state index contributed by atoms with van der Waals surface area (Å²) < 4.78 is 0. The lowest BCUT2D eigenvalue weighted by Crippen LogP contribution is -2.47. The van der Waals surface area contributed by atoms with Gasteiger partial charge < -0.3 is 14.7 Å². The van der Waals surface area contributed by atoms with Crippen molar-refractivity contribution in [3.63, 3.8) is 0 Å². The van der Waals surface area contributed by atoms with E-state index >= 15 is 0 Å². The van der Waals surface area contributed by atoms with E-state index in [1.165, 1.54) is 45.7 Å². The number of amides is 1. The van der Waals surface area contributed by atoms with Gasteiger partial charge in [-0.05, 0) is 26.6 Å². The molecular formula is C13H26N4O. The van der Waals surface area contributed by atoms with E-state index in [0.29, 0.717) is 0 Å². The number of hydrogen-bond donors (Lipinski definition) is 0. The minimum Gasteiger partial charge on any atom is -0.343 e. The first kappa shape index (κ1) is 13.8. The molecule has 2 aliphatic heterocycles. The minimum absolute atomic E-state index is 0.901. The van der Waals surface area contributed by atoms with Gasteiger partial charge in [-0.1, -0.05) is 0 Å².